The number of carbonyl (C=O) groups excluding carboxylic acids is 1. The lowest BCUT2D eigenvalue weighted by atomic mass is 10.2. The fourth-order valence-corrected chi connectivity index (χ4v) is 3.41. The normalized spacial score (nSPS) is 18.0. The van der Waals surface area contributed by atoms with Crippen LogP contribution in [0.15, 0.2) is 75.6 Å². The van der Waals surface area contributed by atoms with Gasteiger partial charge >= 0.3 is 0 Å². The Morgan fingerprint density at radius 2 is 1.88 bits per heavy atom. The molecule has 0 saturated carbocycles. The molecule has 3 rings (SSSR count). The number of amides is 1. The van der Waals surface area contributed by atoms with Crippen LogP contribution in [0.5, 0.6) is 0 Å². The molecule has 0 radical (unpaired) electrons. The molecule has 5 heteroatoms. The molecule has 0 atom stereocenters. The summed E-state index contributed by atoms with van der Waals surface area (Å²) in [6.45, 7) is 2.11. The summed E-state index contributed by atoms with van der Waals surface area (Å²) in [6, 6.07) is 17.7. The van der Waals surface area contributed by atoms with Gasteiger partial charge in [-0.1, -0.05) is 61.0 Å². The first-order valence-electron chi connectivity index (χ1n) is 7.95. The second kappa shape index (κ2) is 8.19. The van der Waals surface area contributed by atoms with E-state index in [1.165, 1.54) is 17.3 Å². The summed E-state index contributed by atoms with van der Waals surface area (Å²) in [6.07, 6.45) is 4.47. The van der Waals surface area contributed by atoms with E-state index < -0.39 is 0 Å². The van der Waals surface area contributed by atoms with Crippen LogP contribution < -0.4 is 5.32 Å². The second-order valence-electron chi connectivity index (χ2n) is 5.44. The van der Waals surface area contributed by atoms with Crippen LogP contribution in [0.2, 0.25) is 0 Å². The molecule has 0 spiro atoms. The highest BCUT2D eigenvalue weighted by Gasteiger charge is 2.23. The number of nitrogens with zero attached hydrogens (tertiary/aromatic N) is 1. The molecule has 1 aliphatic heterocycles. The van der Waals surface area contributed by atoms with Gasteiger partial charge in [0, 0.05) is 5.03 Å². The molecule has 2 aromatic rings. The minimum Gasteiger partial charge on any atom is -0.300 e. The van der Waals surface area contributed by atoms with Crippen LogP contribution in [0.1, 0.15) is 18.1 Å². The largest absolute Gasteiger partial charge is 0.300 e. The van der Waals surface area contributed by atoms with Gasteiger partial charge in [0.1, 0.15) is 0 Å². The maximum absolute atomic E-state index is 12.1. The standard InChI is InChI=1S/C20H17ClN2OS/c1-2-14-8-10-17(11-9-14)22-20-23-19(24)18(25-20)13-16(21)12-15-6-4-3-5-7-15/h3-13H,2H2,1H3,(H,22,23,24)/b16-12-,18-13-. The number of nitrogens with one attached hydrogen (secondary N) is 1. The minimum absolute atomic E-state index is 0.187. The summed E-state index contributed by atoms with van der Waals surface area (Å²) in [4.78, 5) is 17.1. The summed E-state index contributed by atoms with van der Waals surface area (Å²) in [5.74, 6) is -0.187. The van der Waals surface area contributed by atoms with Crippen molar-refractivity contribution in [3.05, 3.63) is 81.7 Å². The van der Waals surface area contributed by atoms with Crippen molar-refractivity contribution < 1.29 is 4.79 Å². The Balaban J connectivity index is 1.75. The average molecular weight is 369 g/mol. The molecule has 126 valence electrons. The summed E-state index contributed by atoms with van der Waals surface area (Å²) >= 11 is 7.54. The summed E-state index contributed by atoms with van der Waals surface area (Å²) in [5.41, 5.74) is 3.05. The molecule has 1 heterocycles. The van der Waals surface area contributed by atoms with E-state index in [1.807, 2.05) is 60.7 Å². The van der Waals surface area contributed by atoms with Crippen molar-refractivity contribution in [1.82, 2.24) is 5.32 Å². The number of hydrogen-bond donors (Lipinski definition) is 1. The molecule has 1 amide bonds. The van der Waals surface area contributed by atoms with Crippen LogP contribution >= 0.6 is 23.4 Å². The molecule has 0 aliphatic carbocycles. The van der Waals surface area contributed by atoms with Gasteiger partial charge in [-0.05, 0) is 53.6 Å². The number of carbonyl (C=O) groups is 1. The predicted octanol–water partition coefficient (Wildman–Crippen LogP) is 5.26. The van der Waals surface area contributed by atoms with Crippen molar-refractivity contribution in [2.75, 3.05) is 0 Å². The van der Waals surface area contributed by atoms with Crippen LogP contribution in [0.4, 0.5) is 5.69 Å². The summed E-state index contributed by atoms with van der Waals surface area (Å²) in [7, 11) is 0. The van der Waals surface area contributed by atoms with E-state index >= 15 is 0 Å². The molecule has 2 aromatic carbocycles. The van der Waals surface area contributed by atoms with E-state index in [-0.39, 0.29) is 5.91 Å². The number of amidine groups is 1. The molecule has 1 N–H and O–H groups in total. The highest BCUT2D eigenvalue weighted by atomic mass is 35.5. The first kappa shape index (κ1) is 17.5. The molecule has 3 nitrogen and oxygen atoms in total. The van der Waals surface area contributed by atoms with E-state index in [4.69, 9.17) is 11.6 Å². The number of allylic oxidation sites excluding steroid dienone is 2. The average Bonchev–Trinajstić information content (AvgIpc) is 2.95. The highest BCUT2D eigenvalue weighted by Crippen LogP contribution is 2.28. The third kappa shape index (κ3) is 4.84. The van der Waals surface area contributed by atoms with Gasteiger partial charge in [0.2, 0.25) is 0 Å². The van der Waals surface area contributed by atoms with Crippen molar-refractivity contribution in [2.45, 2.75) is 13.3 Å². The third-order valence-corrected chi connectivity index (χ3v) is 4.73. The van der Waals surface area contributed by atoms with Gasteiger partial charge in [-0.25, -0.2) is 4.99 Å². The number of rotatable bonds is 4. The molecular formula is C20H17ClN2OS. The second-order valence-corrected chi connectivity index (χ2v) is 6.91. The number of halogens is 1. The molecule has 0 aromatic heterocycles. The monoisotopic (exact) mass is 368 g/mol. The fourth-order valence-electron chi connectivity index (χ4n) is 2.28. The maximum atomic E-state index is 12.1. The number of aryl methyl sites for hydroxylation is 1. The Morgan fingerprint density at radius 1 is 1.16 bits per heavy atom. The third-order valence-electron chi connectivity index (χ3n) is 3.60. The zero-order valence-corrected chi connectivity index (χ0v) is 15.3. The van der Waals surface area contributed by atoms with Gasteiger partial charge in [0.25, 0.3) is 5.91 Å². The molecule has 1 saturated heterocycles. The number of hydrogen-bond acceptors (Lipinski definition) is 3. The first-order valence-corrected chi connectivity index (χ1v) is 9.14. The van der Waals surface area contributed by atoms with Crippen LogP contribution in [0, 0.1) is 0 Å². The number of aliphatic imine (C=N–C) groups is 1. The Labute approximate surface area is 156 Å². The van der Waals surface area contributed by atoms with E-state index in [0.29, 0.717) is 15.1 Å². The molecular weight excluding hydrogens is 352 g/mol. The van der Waals surface area contributed by atoms with Crippen LogP contribution in [0.25, 0.3) is 6.08 Å². The Hall–Kier alpha value is -2.30. The van der Waals surface area contributed by atoms with Crippen molar-refractivity contribution in [1.29, 1.82) is 0 Å². The summed E-state index contributed by atoms with van der Waals surface area (Å²) in [5, 5.41) is 3.83. The lowest BCUT2D eigenvalue weighted by Gasteiger charge is -1.98. The molecule has 25 heavy (non-hydrogen) atoms. The van der Waals surface area contributed by atoms with Crippen molar-refractivity contribution >= 4 is 46.2 Å². The zero-order valence-electron chi connectivity index (χ0n) is 13.7. The van der Waals surface area contributed by atoms with Gasteiger partial charge in [-0.3, -0.25) is 4.79 Å². The molecule has 1 aliphatic rings. The lowest BCUT2D eigenvalue weighted by molar-refractivity contribution is -0.115. The molecule has 1 fully saturated rings. The van der Waals surface area contributed by atoms with Gasteiger partial charge < -0.3 is 5.32 Å². The van der Waals surface area contributed by atoms with Crippen molar-refractivity contribution in [2.24, 2.45) is 4.99 Å². The van der Waals surface area contributed by atoms with E-state index in [2.05, 4.69) is 17.2 Å². The van der Waals surface area contributed by atoms with Gasteiger partial charge in [-0.2, -0.15) is 0 Å². The fraction of sp³-hybridized carbons (Fsp3) is 0.100. The Morgan fingerprint density at radius 3 is 2.56 bits per heavy atom. The zero-order chi connectivity index (χ0) is 17.6. The topological polar surface area (TPSA) is 41.5 Å². The quantitative estimate of drug-likeness (QED) is 0.747. The van der Waals surface area contributed by atoms with Gasteiger partial charge in [0.15, 0.2) is 5.17 Å². The van der Waals surface area contributed by atoms with Crippen molar-refractivity contribution in [3.8, 4) is 0 Å². The SMILES string of the molecule is CCc1ccc(N=C2NC(=O)/C(=C/C(Cl)=C/c3ccccc3)S2)cc1. The van der Waals surface area contributed by atoms with E-state index in [9.17, 15) is 4.79 Å². The first-order chi connectivity index (χ1) is 12.1. The summed E-state index contributed by atoms with van der Waals surface area (Å²) < 4.78 is 0. The van der Waals surface area contributed by atoms with Crippen LogP contribution in [-0.2, 0) is 11.2 Å². The highest BCUT2D eigenvalue weighted by molar-refractivity contribution is 8.18. The van der Waals surface area contributed by atoms with E-state index in [1.54, 1.807) is 6.08 Å². The molecule has 0 bridgehead atoms. The predicted molar refractivity (Wildman–Crippen MR) is 107 cm³/mol. The molecule has 0 unspecified atom stereocenters. The number of benzene rings is 2. The van der Waals surface area contributed by atoms with Crippen LogP contribution in [-0.4, -0.2) is 11.1 Å². The van der Waals surface area contributed by atoms with Crippen molar-refractivity contribution in [3.63, 3.8) is 0 Å². The minimum atomic E-state index is -0.187. The lowest BCUT2D eigenvalue weighted by Crippen LogP contribution is -2.19. The van der Waals surface area contributed by atoms with Gasteiger partial charge in [0.05, 0.1) is 10.6 Å². The Kier molecular flexibility index (Phi) is 5.74. The smallest absolute Gasteiger partial charge is 0.264 e. The van der Waals surface area contributed by atoms with E-state index in [0.717, 1.165) is 17.7 Å². The van der Waals surface area contributed by atoms with Gasteiger partial charge in [-0.15, -0.1) is 0 Å². The Bertz CT molecular complexity index is 855. The number of thioether (sulfide) groups is 1. The maximum Gasteiger partial charge on any atom is 0.264 e. The van der Waals surface area contributed by atoms with Crippen LogP contribution in [0.3, 0.4) is 0 Å².